The summed E-state index contributed by atoms with van der Waals surface area (Å²) in [6.07, 6.45) is 1.85. The smallest absolute Gasteiger partial charge is 0.229 e. The van der Waals surface area contributed by atoms with Gasteiger partial charge in [0.2, 0.25) is 10.0 Å². The second-order valence-corrected chi connectivity index (χ2v) is 9.64. The average molecular weight is 402 g/mol. The van der Waals surface area contributed by atoms with Crippen LogP contribution in [0.2, 0.25) is 0 Å². The first-order chi connectivity index (χ1) is 12.5. The van der Waals surface area contributed by atoms with E-state index in [1.165, 1.54) is 4.70 Å². The van der Waals surface area contributed by atoms with E-state index >= 15 is 0 Å². The molecule has 8 heteroatoms. The van der Waals surface area contributed by atoms with E-state index in [1.54, 1.807) is 34.8 Å². The van der Waals surface area contributed by atoms with Gasteiger partial charge in [0.1, 0.15) is 10.0 Å². The molecule has 0 aliphatic carbocycles. The van der Waals surface area contributed by atoms with Crippen LogP contribution in [0.25, 0.3) is 21.5 Å². The van der Waals surface area contributed by atoms with Gasteiger partial charge in [0, 0.05) is 16.6 Å². The molecule has 0 aliphatic heterocycles. The number of hydrogen-bond acceptors (Lipinski definition) is 6. The number of nitrogens with zero attached hydrogens (tertiary/aromatic N) is 2. The average Bonchev–Trinajstić information content (AvgIpc) is 3.20. The molecule has 0 amide bonds. The van der Waals surface area contributed by atoms with Gasteiger partial charge in [0.25, 0.3) is 0 Å². The summed E-state index contributed by atoms with van der Waals surface area (Å²) in [6, 6.07) is 15.3. The highest BCUT2D eigenvalue weighted by molar-refractivity contribution is 7.92. The molecule has 26 heavy (non-hydrogen) atoms. The highest BCUT2D eigenvalue weighted by atomic mass is 32.2. The summed E-state index contributed by atoms with van der Waals surface area (Å²) >= 11 is 3.30. The first kappa shape index (κ1) is 17.1. The Hall–Kier alpha value is -2.29. The van der Waals surface area contributed by atoms with E-state index < -0.39 is 10.0 Å². The quantitative estimate of drug-likeness (QED) is 0.539. The van der Waals surface area contributed by atoms with E-state index in [0.717, 1.165) is 39.5 Å². The highest BCUT2D eigenvalue weighted by Gasteiger charge is 2.09. The molecule has 0 unspecified atom stereocenters. The number of anilines is 1. The number of thiazole rings is 2. The van der Waals surface area contributed by atoms with Crippen molar-refractivity contribution in [3.05, 3.63) is 63.9 Å². The standard InChI is InChI=1S/C18H15N3O2S3/c1-26(22,23)21-13-8-6-12(7-9-13)15-11-24-17(20-15)10-18-19-14-4-2-3-5-16(14)25-18/h2-9,11,21H,10H2,1H3. The molecule has 0 spiro atoms. The Kier molecular flexibility index (Phi) is 4.47. The number of para-hydroxylation sites is 1. The maximum absolute atomic E-state index is 11.3. The molecule has 0 saturated heterocycles. The minimum absolute atomic E-state index is 0.543. The normalized spacial score (nSPS) is 11.7. The predicted molar refractivity (Wildman–Crippen MR) is 108 cm³/mol. The van der Waals surface area contributed by atoms with E-state index in [0.29, 0.717) is 5.69 Å². The van der Waals surface area contributed by atoms with Crippen molar-refractivity contribution in [1.29, 1.82) is 0 Å². The van der Waals surface area contributed by atoms with Crippen molar-refractivity contribution < 1.29 is 8.42 Å². The molecule has 1 N–H and O–H groups in total. The first-order valence-corrected chi connectivity index (χ1v) is 11.4. The van der Waals surface area contributed by atoms with Gasteiger partial charge >= 0.3 is 0 Å². The Bertz CT molecular complexity index is 1130. The van der Waals surface area contributed by atoms with Gasteiger partial charge in [-0.1, -0.05) is 24.3 Å². The van der Waals surface area contributed by atoms with E-state index in [-0.39, 0.29) is 0 Å². The van der Waals surface area contributed by atoms with Gasteiger partial charge in [0.15, 0.2) is 0 Å². The molecule has 4 aromatic rings. The van der Waals surface area contributed by atoms with E-state index in [2.05, 4.69) is 15.8 Å². The van der Waals surface area contributed by atoms with Crippen LogP contribution in [0, 0.1) is 0 Å². The Morgan fingerprint density at radius 2 is 1.77 bits per heavy atom. The minimum atomic E-state index is -3.27. The fraction of sp³-hybridized carbons (Fsp3) is 0.111. The number of fused-ring (bicyclic) bond motifs is 1. The molecule has 2 aromatic carbocycles. The third-order valence-corrected chi connectivity index (χ3v) is 6.17. The van der Waals surface area contributed by atoms with E-state index in [1.807, 2.05) is 35.7 Å². The van der Waals surface area contributed by atoms with Gasteiger partial charge in [-0.05, 0) is 24.3 Å². The maximum atomic E-state index is 11.3. The van der Waals surface area contributed by atoms with Crippen molar-refractivity contribution >= 4 is 48.6 Å². The Morgan fingerprint density at radius 1 is 1.00 bits per heavy atom. The summed E-state index contributed by atoms with van der Waals surface area (Å²) in [7, 11) is -3.27. The maximum Gasteiger partial charge on any atom is 0.229 e. The summed E-state index contributed by atoms with van der Waals surface area (Å²) < 4.78 is 26.2. The monoisotopic (exact) mass is 401 g/mol. The fourth-order valence-corrected chi connectivity index (χ4v) is 5.01. The number of nitrogens with one attached hydrogen (secondary N) is 1. The molecule has 0 saturated carbocycles. The van der Waals surface area contributed by atoms with Crippen LogP contribution in [0.5, 0.6) is 0 Å². The lowest BCUT2D eigenvalue weighted by atomic mass is 10.1. The second kappa shape index (κ2) is 6.79. The first-order valence-electron chi connectivity index (χ1n) is 7.83. The zero-order chi connectivity index (χ0) is 18.1. The van der Waals surface area contributed by atoms with E-state index in [4.69, 9.17) is 4.98 Å². The summed E-state index contributed by atoms with van der Waals surface area (Å²) in [6.45, 7) is 0. The number of aromatic nitrogens is 2. The van der Waals surface area contributed by atoms with Gasteiger partial charge in [-0.15, -0.1) is 22.7 Å². The van der Waals surface area contributed by atoms with Crippen molar-refractivity contribution in [2.75, 3.05) is 11.0 Å². The second-order valence-electron chi connectivity index (χ2n) is 5.83. The van der Waals surface area contributed by atoms with Gasteiger partial charge in [0.05, 0.1) is 28.6 Å². The lowest BCUT2D eigenvalue weighted by molar-refractivity contribution is 0.607. The van der Waals surface area contributed by atoms with Crippen molar-refractivity contribution in [2.24, 2.45) is 0 Å². The van der Waals surface area contributed by atoms with Gasteiger partial charge < -0.3 is 0 Å². The van der Waals surface area contributed by atoms with Gasteiger partial charge in [-0.25, -0.2) is 18.4 Å². The highest BCUT2D eigenvalue weighted by Crippen LogP contribution is 2.27. The van der Waals surface area contributed by atoms with E-state index in [9.17, 15) is 8.42 Å². The predicted octanol–water partition coefficient (Wildman–Crippen LogP) is 4.38. The summed E-state index contributed by atoms with van der Waals surface area (Å²) in [5.41, 5.74) is 3.41. The Morgan fingerprint density at radius 3 is 2.50 bits per heavy atom. The molecule has 0 bridgehead atoms. The van der Waals surface area contributed by atoms with Crippen molar-refractivity contribution in [1.82, 2.24) is 9.97 Å². The van der Waals surface area contributed by atoms with Crippen LogP contribution >= 0.6 is 22.7 Å². The lowest BCUT2D eigenvalue weighted by Gasteiger charge is -2.04. The SMILES string of the molecule is CS(=O)(=O)Nc1ccc(-c2csc(Cc3nc4ccccc4s3)n2)cc1. The lowest BCUT2D eigenvalue weighted by Crippen LogP contribution is -2.09. The molecule has 2 aromatic heterocycles. The number of benzene rings is 2. The summed E-state index contributed by atoms with van der Waals surface area (Å²) in [5.74, 6) is 0. The van der Waals surface area contributed by atoms with Crippen LogP contribution in [-0.2, 0) is 16.4 Å². The molecule has 0 atom stereocenters. The van der Waals surface area contributed by atoms with Gasteiger partial charge in [-0.3, -0.25) is 4.72 Å². The third-order valence-electron chi connectivity index (χ3n) is 3.68. The zero-order valence-electron chi connectivity index (χ0n) is 13.8. The molecule has 0 radical (unpaired) electrons. The van der Waals surface area contributed by atoms with Crippen LogP contribution < -0.4 is 4.72 Å². The number of rotatable bonds is 5. The van der Waals surface area contributed by atoms with Crippen molar-refractivity contribution in [2.45, 2.75) is 6.42 Å². The fourth-order valence-electron chi connectivity index (χ4n) is 2.57. The molecular formula is C18H15N3O2S3. The largest absolute Gasteiger partial charge is 0.284 e. The van der Waals surface area contributed by atoms with Crippen molar-refractivity contribution in [3.63, 3.8) is 0 Å². The molecule has 0 fully saturated rings. The third kappa shape index (κ3) is 3.92. The number of sulfonamides is 1. The van der Waals surface area contributed by atoms with Crippen LogP contribution in [0.15, 0.2) is 53.9 Å². The minimum Gasteiger partial charge on any atom is -0.284 e. The molecule has 132 valence electrons. The topological polar surface area (TPSA) is 72.0 Å². The Labute approximate surface area is 159 Å². The van der Waals surface area contributed by atoms with Crippen LogP contribution in [0.3, 0.4) is 0 Å². The van der Waals surface area contributed by atoms with Crippen LogP contribution in [0.1, 0.15) is 10.0 Å². The molecular weight excluding hydrogens is 386 g/mol. The summed E-state index contributed by atoms with van der Waals surface area (Å²) in [4.78, 5) is 9.35. The summed E-state index contributed by atoms with van der Waals surface area (Å²) in [5, 5.41) is 4.08. The van der Waals surface area contributed by atoms with Gasteiger partial charge in [-0.2, -0.15) is 0 Å². The van der Waals surface area contributed by atoms with Crippen LogP contribution in [0.4, 0.5) is 5.69 Å². The molecule has 5 nitrogen and oxygen atoms in total. The molecule has 4 rings (SSSR count). The molecule has 2 heterocycles. The number of hydrogen-bond donors (Lipinski definition) is 1. The zero-order valence-corrected chi connectivity index (χ0v) is 16.3. The Balaban J connectivity index is 1.52. The van der Waals surface area contributed by atoms with Crippen molar-refractivity contribution in [3.8, 4) is 11.3 Å². The molecule has 0 aliphatic rings. The van der Waals surface area contributed by atoms with Crippen LogP contribution in [-0.4, -0.2) is 24.6 Å².